The van der Waals surface area contributed by atoms with E-state index in [0.717, 1.165) is 24.2 Å². The maximum absolute atomic E-state index is 8.20. The molecular weight excluding hydrogens is 184 g/mol. The molecule has 0 aliphatic heterocycles. The summed E-state index contributed by atoms with van der Waals surface area (Å²) in [6.07, 6.45) is 7.93. The van der Waals surface area contributed by atoms with Crippen molar-refractivity contribution in [1.82, 2.24) is 4.90 Å². The second-order valence-electron chi connectivity index (χ2n) is 5.57. The average molecular weight is 208 g/mol. The van der Waals surface area contributed by atoms with Crippen LogP contribution < -0.4 is 0 Å². The maximum Gasteiger partial charge on any atom is 0.0986 e. The lowest BCUT2D eigenvalue weighted by Crippen LogP contribution is -2.34. The minimum atomic E-state index is 0.567. The maximum atomic E-state index is 8.20. The highest BCUT2D eigenvalue weighted by Crippen LogP contribution is 2.38. The normalized spacial score (nSPS) is 31.3. The van der Waals surface area contributed by atoms with E-state index in [2.05, 4.69) is 18.9 Å². The molecule has 86 valence electrons. The van der Waals surface area contributed by atoms with Gasteiger partial charge in [0.2, 0.25) is 0 Å². The highest BCUT2D eigenvalue weighted by Gasteiger charge is 2.34. The second-order valence-corrected chi connectivity index (χ2v) is 5.57. The quantitative estimate of drug-likeness (QED) is 0.560. The van der Waals surface area contributed by atoms with Gasteiger partial charge in [-0.2, -0.15) is 0 Å². The molecule has 0 amide bonds. The Morgan fingerprint density at radius 1 is 1.27 bits per heavy atom. The Labute approximate surface area is 93.6 Å². The van der Waals surface area contributed by atoms with Crippen LogP contribution >= 0.6 is 0 Å². The molecule has 1 N–H and O–H groups in total. The largest absolute Gasteiger partial charge is 0.363 e. The van der Waals surface area contributed by atoms with Crippen LogP contribution in [0.15, 0.2) is 0 Å². The summed E-state index contributed by atoms with van der Waals surface area (Å²) in [5.74, 6) is 3.26. The predicted octanol–water partition coefficient (Wildman–Crippen LogP) is 3.13. The molecule has 2 atom stereocenters. The van der Waals surface area contributed by atoms with Crippen LogP contribution in [0.3, 0.4) is 0 Å². The van der Waals surface area contributed by atoms with Crippen molar-refractivity contribution in [2.45, 2.75) is 45.4 Å². The lowest BCUT2D eigenvalue weighted by Gasteiger charge is -2.29. The van der Waals surface area contributed by atoms with Crippen molar-refractivity contribution in [3.63, 3.8) is 0 Å². The highest BCUT2D eigenvalue weighted by atomic mass is 15.1. The lowest BCUT2D eigenvalue weighted by atomic mass is 9.88. The summed E-state index contributed by atoms with van der Waals surface area (Å²) in [6, 6.07) is 0. The first-order valence-corrected chi connectivity index (χ1v) is 6.48. The van der Waals surface area contributed by atoms with Crippen molar-refractivity contribution in [3.05, 3.63) is 0 Å². The Morgan fingerprint density at radius 3 is 2.40 bits per heavy atom. The van der Waals surface area contributed by atoms with Crippen LogP contribution in [0.1, 0.15) is 45.4 Å². The summed E-state index contributed by atoms with van der Waals surface area (Å²) in [6.45, 7) is 3.44. The van der Waals surface area contributed by atoms with Gasteiger partial charge in [0, 0.05) is 19.5 Å². The number of hydrogen-bond donors (Lipinski definition) is 1. The average Bonchev–Trinajstić information content (AvgIpc) is 2.94. The number of nitrogens with zero attached hydrogens (tertiary/aromatic N) is 1. The van der Waals surface area contributed by atoms with Crippen LogP contribution in [0.4, 0.5) is 0 Å². The number of amidine groups is 1. The third-order valence-corrected chi connectivity index (χ3v) is 4.19. The van der Waals surface area contributed by atoms with Crippen LogP contribution in [0, 0.1) is 23.2 Å². The monoisotopic (exact) mass is 208 g/mol. The van der Waals surface area contributed by atoms with Gasteiger partial charge in [-0.1, -0.05) is 26.2 Å². The lowest BCUT2D eigenvalue weighted by molar-refractivity contribution is 0.374. The third kappa shape index (κ3) is 2.73. The molecule has 2 saturated carbocycles. The zero-order valence-electron chi connectivity index (χ0n) is 10.1. The van der Waals surface area contributed by atoms with Gasteiger partial charge in [0.05, 0.1) is 5.84 Å². The molecule has 0 aromatic heterocycles. The van der Waals surface area contributed by atoms with E-state index in [1.54, 1.807) is 0 Å². The SMILES string of the molecule is CC1CC1CN(C)C(=N)C1CCCCC1. The van der Waals surface area contributed by atoms with E-state index in [1.807, 2.05) is 0 Å². The van der Waals surface area contributed by atoms with Gasteiger partial charge in [-0.05, 0) is 31.1 Å². The molecule has 2 aliphatic rings. The van der Waals surface area contributed by atoms with Crippen LogP contribution in [0.5, 0.6) is 0 Å². The second kappa shape index (κ2) is 4.54. The first kappa shape index (κ1) is 11.0. The Bertz CT molecular complexity index is 231. The number of rotatable bonds is 3. The van der Waals surface area contributed by atoms with Crippen molar-refractivity contribution in [2.75, 3.05) is 13.6 Å². The van der Waals surface area contributed by atoms with E-state index in [1.165, 1.54) is 38.5 Å². The van der Waals surface area contributed by atoms with E-state index >= 15 is 0 Å². The Morgan fingerprint density at radius 2 is 1.87 bits per heavy atom. The summed E-state index contributed by atoms with van der Waals surface area (Å²) in [5, 5.41) is 8.20. The zero-order valence-corrected chi connectivity index (χ0v) is 10.1. The van der Waals surface area contributed by atoms with Gasteiger partial charge in [-0.15, -0.1) is 0 Å². The van der Waals surface area contributed by atoms with Gasteiger partial charge < -0.3 is 4.90 Å². The first-order valence-electron chi connectivity index (χ1n) is 6.48. The van der Waals surface area contributed by atoms with Gasteiger partial charge >= 0.3 is 0 Å². The van der Waals surface area contributed by atoms with E-state index in [4.69, 9.17) is 5.41 Å². The Kier molecular flexibility index (Phi) is 3.32. The molecule has 2 unspecified atom stereocenters. The van der Waals surface area contributed by atoms with Crippen LogP contribution in [0.2, 0.25) is 0 Å². The van der Waals surface area contributed by atoms with Crippen molar-refractivity contribution in [2.24, 2.45) is 17.8 Å². The van der Waals surface area contributed by atoms with Crippen molar-refractivity contribution < 1.29 is 0 Å². The molecule has 2 fully saturated rings. The van der Waals surface area contributed by atoms with Gasteiger partial charge in [-0.3, -0.25) is 5.41 Å². The first-order chi connectivity index (χ1) is 7.18. The smallest absolute Gasteiger partial charge is 0.0986 e. The molecule has 0 spiro atoms. The standard InChI is InChI=1S/C13H24N2/c1-10-8-12(10)9-15(2)13(14)11-6-4-3-5-7-11/h10-12,14H,3-9H2,1-2H3. The molecule has 0 saturated heterocycles. The fourth-order valence-electron chi connectivity index (χ4n) is 2.79. The van der Waals surface area contributed by atoms with E-state index in [9.17, 15) is 0 Å². The van der Waals surface area contributed by atoms with E-state index in [-0.39, 0.29) is 0 Å². The van der Waals surface area contributed by atoms with Crippen molar-refractivity contribution in [1.29, 1.82) is 5.41 Å². The summed E-state index contributed by atoms with van der Waals surface area (Å²) < 4.78 is 0. The third-order valence-electron chi connectivity index (χ3n) is 4.19. The van der Waals surface area contributed by atoms with Gasteiger partial charge in [0.1, 0.15) is 0 Å². The Balaban J connectivity index is 1.78. The molecule has 15 heavy (non-hydrogen) atoms. The van der Waals surface area contributed by atoms with E-state index in [0.29, 0.717) is 5.92 Å². The fourth-order valence-corrected chi connectivity index (χ4v) is 2.79. The topological polar surface area (TPSA) is 27.1 Å². The summed E-state index contributed by atoms with van der Waals surface area (Å²) in [5.41, 5.74) is 0. The fraction of sp³-hybridized carbons (Fsp3) is 0.923. The van der Waals surface area contributed by atoms with Crippen LogP contribution in [-0.4, -0.2) is 24.3 Å². The van der Waals surface area contributed by atoms with Crippen molar-refractivity contribution in [3.8, 4) is 0 Å². The summed E-state index contributed by atoms with van der Waals surface area (Å²) in [7, 11) is 2.11. The van der Waals surface area contributed by atoms with E-state index < -0.39 is 0 Å². The molecule has 0 radical (unpaired) electrons. The summed E-state index contributed by atoms with van der Waals surface area (Å²) in [4.78, 5) is 2.21. The van der Waals surface area contributed by atoms with Gasteiger partial charge in [0.25, 0.3) is 0 Å². The Hall–Kier alpha value is -0.530. The molecule has 0 heterocycles. The molecule has 0 bridgehead atoms. The molecule has 2 aliphatic carbocycles. The van der Waals surface area contributed by atoms with Gasteiger partial charge in [-0.25, -0.2) is 0 Å². The van der Waals surface area contributed by atoms with Gasteiger partial charge in [0.15, 0.2) is 0 Å². The molecular formula is C13H24N2. The molecule has 0 aromatic carbocycles. The highest BCUT2D eigenvalue weighted by molar-refractivity contribution is 5.81. The van der Waals surface area contributed by atoms with Crippen LogP contribution in [0.25, 0.3) is 0 Å². The van der Waals surface area contributed by atoms with Crippen molar-refractivity contribution >= 4 is 5.84 Å². The van der Waals surface area contributed by atoms with Crippen LogP contribution in [-0.2, 0) is 0 Å². The summed E-state index contributed by atoms with van der Waals surface area (Å²) >= 11 is 0. The minimum absolute atomic E-state index is 0.567. The molecule has 2 nitrogen and oxygen atoms in total. The molecule has 2 rings (SSSR count). The predicted molar refractivity (Wildman–Crippen MR) is 64.2 cm³/mol. The number of nitrogens with one attached hydrogen (secondary N) is 1. The number of hydrogen-bond acceptors (Lipinski definition) is 1. The molecule has 2 heteroatoms. The minimum Gasteiger partial charge on any atom is -0.363 e. The molecule has 0 aromatic rings. The zero-order chi connectivity index (χ0) is 10.8.